The van der Waals surface area contributed by atoms with E-state index in [0.717, 1.165) is 5.65 Å². The van der Waals surface area contributed by atoms with Gasteiger partial charge in [0.25, 0.3) is 0 Å². The number of hydrogen-bond acceptors (Lipinski definition) is 1. The van der Waals surface area contributed by atoms with Crippen LogP contribution >= 0.6 is 0 Å². The fraction of sp³-hybridized carbons (Fsp3) is 0.250. The summed E-state index contributed by atoms with van der Waals surface area (Å²) in [5.74, 6) is 0. The Kier molecular flexibility index (Phi) is 1.18. The first-order chi connectivity index (χ1) is 5.27. The molecule has 0 atom stereocenters. The van der Waals surface area contributed by atoms with Gasteiger partial charge in [-0.2, -0.15) is 0 Å². The Labute approximate surface area is 64.9 Å². The normalized spacial score (nSPS) is 10.7. The van der Waals surface area contributed by atoms with Crippen LogP contribution < -0.4 is 4.40 Å². The molecule has 0 aliphatic carbocycles. The summed E-state index contributed by atoms with van der Waals surface area (Å²) >= 11 is 0. The molecule has 3 heteroatoms. The topological polar surface area (TPSA) is 21.9 Å². The maximum atomic E-state index is 4.29. The van der Waals surface area contributed by atoms with Crippen molar-refractivity contribution in [2.75, 3.05) is 0 Å². The molecule has 11 heavy (non-hydrogen) atoms. The van der Waals surface area contributed by atoms with Gasteiger partial charge < -0.3 is 0 Å². The lowest BCUT2D eigenvalue weighted by atomic mass is 10.3. The van der Waals surface area contributed by atoms with Crippen molar-refractivity contribution in [1.29, 1.82) is 0 Å². The minimum absolute atomic E-state index is 1.02. The number of fused-ring (bicyclic) bond motifs is 1. The van der Waals surface area contributed by atoms with Gasteiger partial charge in [-0.05, 0) is 19.1 Å². The molecule has 2 aromatic heterocycles. The highest BCUT2D eigenvalue weighted by Crippen LogP contribution is 1.98. The van der Waals surface area contributed by atoms with Crippen LogP contribution in [0.3, 0.4) is 0 Å². The third kappa shape index (κ3) is 0.888. The second kappa shape index (κ2) is 2.05. The maximum Gasteiger partial charge on any atom is 0.308 e. The number of pyridine rings is 1. The van der Waals surface area contributed by atoms with Crippen LogP contribution in [0.4, 0.5) is 0 Å². The van der Waals surface area contributed by atoms with Crippen LogP contribution in [0.1, 0.15) is 5.56 Å². The van der Waals surface area contributed by atoms with Crippen LogP contribution in [-0.4, -0.2) is 9.78 Å². The predicted molar refractivity (Wildman–Crippen MR) is 41.1 cm³/mol. The molecular weight excluding hydrogens is 138 g/mol. The average molecular weight is 148 g/mol. The number of aromatic nitrogens is 3. The Morgan fingerprint density at radius 2 is 2.36 bits per heavy atom. The molecule has 0 aromatic carbocycles. The highest BCUT2D eigenvalue weighted by Gasteiger charge is 2.06. The van der Waals surface area contributed by atoms with Crippen molar-refractivity contribution in [1.82, 2.24) is 9.78 Å². The molecule has 0 N–H and O–H groups in total. The Morgan fingerprint density at radius 1 is 1.55 bits per heavy atom. The molecule has 0 unspecified atom stereocenters. The molecule has 0 saturated carbocycles. The third-order valence-electron chi connectivity index (χ3n) is 1.73. The smallest absolute Gasteiger partial charge is 0.204 e. The van der Waals surface area contributed by atoms with Gasteiger partial charge in [-0.3, -0.25) is 0 Å². The first-order valence-electron chi connectivity index (χ1n) is 3.57. The molecule has 0 fully saturated rings. The SMILES string of the molecule is Cc1ccc[n+]2cn(C)nc12. The van der Waals surface area contributed by atoms with E-state index in [2.05, 4.69) is 18.1 Å². The summed E-state index contributed by atoms with van der Waals surface area (Å²) in [6, 6.07) is 4.08. The van der Waals surface area contributed by atoms with Crippen molar-refractivity contribution in [3.05, 3.63) is 30.2 Å². The van der Waals surface area contributed by atoms with Crippen LogP contribution in [0.15, 0.2) is 24.7 Å². The predicted octanol–water partition coefficient (Wildman–Crippen LogP) is 0.467. The van der Waals surface area contributed by atoms with E-state index in [-0.39, 0.29) is 0 Å². The molecule has 2 aromatic rings. The van der Waals surface area contributed by atoms with Gasteiger partial charge >= 0.3 is 5.65 Å². The number of rotatable bonds is 0. The number of aryl methyl sites for hydroxylation is 2. The lowest BCUT2D eigenvalue weighted by molar-refractivity contribution is -0.513. The molecule has 0 radical (unpaired) electrons. The summed E-state index contributed by atoms with van der Waals surface area (Å²) in [6.45, 7) is 2.06. The van der Waals surface area contributed by atoms with Crippen molar-refractivity contribution in [2.45, 2.75) is 6.92 Å². The van der Waals surface area contributed by atoms with Crippen molar-refractivity contribution in [3.63, 3.8) is 0 Å². The van der Waals surface area contributed by atoms with E-state index in [9.17, 15) is 0 Å². The minimum Gasteiger partial charge on any atom is -0.204 e. The number of nitrogens with zero attached hydrogens (tertiary/aromatic N) is 3. The monoisotopic (exact) mass is 148 g/mol. The molecule has 0 saturated heterocycles. The van der Waals surface area contributed by atoms with E-state index >= 15 is 0 Å². The first kappa shape index (κ1) is 6.34. The minimum atomic E-state index is 1.02. The van der Waals surface area contributed by atoms with Gasteiger partial charge in [0, 0.05) is 10.7 Å². The Balaban J connectivity index is 2.90. The maximum absolute atomic E-state index is 4.29. The van der Waals surface area contributed by atoms with Gasteiger partial charge in [0.2, 0.25) is 6.33 Å². The molecule has 0 aliphatic heterocycles. The molecule has 0 spiro atoms. The van der Waals surface area contributed by atoms with Crippen molar-refractivity contribution < 1.29 is 4.40 Å². The molecule has 3 nitrogen and oxygen atoms in total. The second-order valence-corrected chi connectivity index (χ2v) is 2.71. The van der Waals surface area contributed by atoms with E-state index in [1.54, 1.807) is 0 Å². The van der Waals surface area contributed by atoms with E-state index in [0.29, 0.717) is 0 Å². The van der Waals surface area contributed by atoms with Gasteiger partial charge in [0.05, 0.1) is 13.2 Å². The Morgan fingerprint density at radius 3 is 3.09 bits per heavy atom. The van der Waals surface area contributed by atoms with Crippen LogP contribution in [-0.2, 0) is 7.05 Å². The van der Waals surface area contributed by atoms with Crippen LogP contribution in [0.5, 0.6) is 0 Å². The van der Waals surface area contributed by atoms with Crippen molar-refractivity contribution in [2.24, 2.45) is 7.05 Å². The molecule has 0 bridgehead atoms. The van der Waals surface area contributed by atoms with E-state index < -0.39 is 0 Å². The van der Waals surface area contributed by atoms with Gasteiger partial charge in [-0.25, -0.2) is 4.40 Å². The lowest BCUT2D eigenvalue weighted by Crippen LogP contribution is -2.18. The zero-order valence-corrected chi connectivity index (χ0v) is 6.65. The van der Waals surface area contributed by atoms with E-state index in [1.807, 2.05) is 34.7 Å². The molecular formula is C8H10N3+. The Bertz CT molecular complexity index is 389. The summed E-state index contributed by atoms with van der Waals surface area (Å²) in [7, 11) is 1.92. The fourth-order valence-electron chi connectivity index (χ4n) is 1.21. The van der Waals surface area contributed by atoms with Crippen LogP contribution in [0, 0.1) is 6.92 Å². The summed E-state index contributed by atoms with van der Waals surface area (Å²) in [5.41, 5.74) is 2.23. The first-order valence-corrected chi connectivity index (χ1v) is 3.57. The Hall–Kier alpha value is -1.38. The second-order valence-electron chi connectivity index (χ2n) is 2.71. The molecule has 56 valence electrons. The van der Waals surface area contributed by atoms with Crippen molar-refractivity contribution >= 4 is 5.65 Å². The van der Waals surface area contributed by atoms with Crippen molar-refractivity contribution in [3.8, 4) is 0 Å². The summed E-state index contributed by atoms with van der Waals surface area (Å²) < 4.78 is 3.82. The lowest BCUT2D eigenvalue weighted by Gasteiger charge is -1.85. The van der Waals surface area contributed by atoms with Gasteiger partial charge in [-0.1, -0.05) is 0 Å². The largest absolute Gasteiger partial charge is 0.308 e. The molecule has 0 amide bonds. The van der Waals surface area contributed by atoms with Gasteiger partial charge in [-0.15, -0.1) is 4.68 Å². The van der Waals surface area contributed by atoms with Gasteiger partial charge in [0.15, 0.2) is 0 Å². The number of hydrogen-bond donors (Lipinski definition) is 0. The van der Waals surface area contributed by atoms with Gasteiger partial charge in [0.1, 0.15) is 0 Å². The highest BCUT2D eigenvalue weighted by molar-refractivity contribution is 5.37. The summed E-state index contributed by atoms with van der Waals surface area (Å²) in [6.07, 6.45) is 3.94. The third-order valence-corrected chi connectivity index (χ3v) is 1.73. The summed E-state index contributed by atoms with van der Waals surface area (Å²) in [5, 5.41) is 4.29. The standard InChI is InChI=1S/C8H10N3/c1-7-4-3-5-11-6-10(2)9-8(7)11/h3-6H,1-2H3/q+1. The van der Waals surface area contributed by atoms with Crippen LogP contribution in [0.2, 0.25) is 0 Å². The molecule has 2 rings (SSSR count). The molecule has 0 aliphatic rings. The fourth-order valence-corrected chi connectivity index (χ4v) is 1.21. The zero-order chi connectivity index (χ0) is 7.84. The van der Waals surface area contributed by atoms with E-state index in [4.69, 9.17) is 0 Å². The summed E-state index contributed by atoms with van der Waals surface area (Å²) in [4.78, 5) is 0. The average Bonchev–Trinajstić information content (AvgIpc) is 2.31. The molecule has 2 heterocycles. The zero-order valence-electron chi connectivity index (χ0n) is 6.65. The van der Waals surface area contributed by atoms with E-state index in [1.165, 1.54) is 5.56 Å². The quantitative estimate of drug-likeness (QED) is 0.498. The van der Waals surface area contributed by atoms with Crippen LogP contribution in [0.25, 0.3) is 5.65 Å². The highest BCUT2D eigenvalue weighted by atomic mass is 15.3.